The van der Waals surface area contributed by atoms with Crippen LogP contribution in [0.25, 0.3) is 0 Å². The van der Waals surface area contributed by atoms with Gasteiger partial charge >= 0.3 is 0 Å². The monoisotopic (exact) mass is 401 g/mol. The van der Waals surface area contributed by atoms with Gasteiger partial charge in [-0.3, -0.25) is 9.52 Å². The Morgan fingerprint density at radius 1 is 1.14 bits per heavy atom. The minimum absolute atomic E-state index is 0.0805. The Labute approximate surface area is 167 Å². The van der Waals surface area contributed by atoms with E-state index < -0.39 is 10.0 Å². The molecule has 2 aromatic carbocycles. The van der Waals surface area contributed by atoms with Gasteiger partial charge in [0.15, 0.2) is 0 Å². The third-order valence-electron chi connectivity index (χ3n) is 4.75. The van der Waals surface area contributed by atoms with Gasteiger partial charge in [0.05, 0.1) is 12.8 Å². The fraction of sp³-hybridized carbons (Fsp3) is 0.381. The van der Waals surface area contributed by atoms with Crippen molar-refractivity contribution in [2.75, 3.05) is 17.5 Å². The Hall–Kier alpha value is -2.38. The van der Waals surface area contributed by atoms with Crippen LogP contribution in [-0.2, 0) is 21.4 Å². The third kappa shape index (κ3) is 6.07. The minimum Gasteiger partial charge on any atom is -0.334 e. The molecule has 0 aromatic heterocycles. The van der Waals surface area contributed by atoms with Gasteiger partial charge in [0, 0.05) is 24.3 Å². The molecule has 1 aliphatic rings. The number of benzene rings is 2. The Balaban J connectivity index is 1.59. The van der Waals surface area contributed by atoms with Crippen LogP contribution in [0.2, 0.25) is 0 Å². The Bertz CT molecular complexity index is 912. The Morgan fingerprint density at radius 3 is 2.50 bits per heavy atom. The van der Waals surface area contributed by atoms with Gasteiger partial charge < -0.3 is 10.2 Å². The van der Waals surface area contributed by atoms with Crippen LogP contribution in [0, 0.1) is 0 Å². The second-order valence-corrected chi connectivity index (χ2v) is 9.09. The lowest BCUT2D eigenvalue weighted by atomic mass is 10.1. The molecule has 3 rings (SSSR count). The molecule has 1 atom stereocenters. The quantitative estimate of drug-likeness (QED) is 0.677. The molecule has 0 heterocycles. The average molecular weight is 402 g/mol. The molecule has 150 valence electrons. The molecule has 1 aliphatic carbocycles. The predicted molar refractivity (Wildman–Crippen MR) is 111 cm³/mol. The van der Waals surface area contributed by atoms with Crippen molar-refractivity contribution >= 4 is 21.6 Å². The number of nitrogens with zero attached hydrogens (tertiary/aromatic N) is 1. The Kier molecular flexibility index (Phi) is 6.36. The second-order valence-electron chi connectivity index (χ2n) is 7.34. The van der Waals surface area contributed by atoms with Crippen molar-refractivity contribution in [1.29, 1.82) is 0 Å². The van der Waals surface area contributed by atoms with Gasteiger partial charge in [0.25, 0.3) is 0 Å². The molecule has 0 aliphatic heterocycles. The molecule has 6 nitrogen and oxygen atoms in total. The first-order chi connectivity index (χ1) is 13.3. The third-order valence-corrected chi connectivity index (χ3v) is 5.36. The van der Waals surface area contributed by atoms with E-state index in [2.05, 4.69) is 10.0 Å². The summed E-state index contributed by atoms with van der Waals surface area (Å²) in [5.74, 6) is 0.0867. The summed E-state index contributed by atoms with van der Waals surface area (Å²) in [6.45, 7) is 2.84. The molecule has 0 radical (unpaired) electrons. The predicted octanol–water partition coefficient (Wildman–Crippen LogP) is 2.90. The second kappa shape index (κ2) is 8.75. The molecule has 1 fully saturated rings. The Morgan fingerprint density at radius 2 is 1.86 bits per heavy atom. The fourth-order valence-electron chi connectivity index (χ4n) is 3.13. The van der Waals surface area contributed by atoms with Crippen LogP contribution in [0.3, 0.4) is 0 Å². The lowest BCUT2D eigenvalue weighted by Crippen LogP contribution is -2.39. The van der Waals surface area contributed by atoms with Crippen molar-refractivity contribution in [3.63, 3.8) is 0 Å². The number of nitrogens with one attached hydrogen (secondary N) is 2. The molecule has 1 saturated carbocycles. The summed E-state index contributed by atoms with van der Waals surface area (Å²) in [7, 11) is -3.32. The first-order valence-corrected chi connectivity index (χ1v) is 11.4. The van der Waals surface area contributed by atoms with E-state index in [1.165, 1.54) is 0 Å². The van der Waals surface area contributed by atoms with Gasteiger partial charge in [-0.05, 0) is 43.0 Å². The van der Waals surface area contributed by atoms with Gasteiger partial charge in [0.2, 0.25) is 15.9 Å². The number of rotatable bonds is 9. The van der Waals surface area contributed by atoms with Crippen LogP contribution >= 0.6 is 0 Å². The highest BCUT2D eigenvalue weighted by Gasteiger charge is 2.32. The number of hydrogen-bond acceptors (Lipinski definition) is 4. The van der Waals surface area contributed by atoms with Gasteiger partial charge in [-0.1, -0.05) is 42.5 Å². The van der Waals surface area contributed by atoms with E-state index in [4.69, 9.17) is 0 Å². The number of sulfonamides is 1. The van der Waals surface area contributed by atoms with Gasteiger partial charge in [-0.15, -0.1) is 0 Å². The molecule has 1 amide bonds. The molecule has 0 spiro atoms. The molecule has 0 saturated heterocycles. The molecule has 28 heavy (non-hydrogen) atoms. The molecule has 0 bridgehead atoms. The first kappa shape index (κ1) is 20.4. The van der Waals surface area contributed by atoms with Crippen LogP contribution in [0.15, 0.2) is 54.6 Å². The first-order valence-electron chi connectivity index (χ1n) is 9.46. The van der Waals surface area contributed by atoms with Gasteiger partial charge in [0.1, 0.15) is 0 Å². The lowest BCUT2D eigenvalue weighted by molar-refractivity contribution is -0.131. The van der Waals surface area contributed by atoms with Crippen molar-refractivity contribution in [3.05, 3.63) is 65.7 Å². The van der Waals surface area contributed by atoms with Crippen LogP contribution in [0.5, 0.6) is 0 Å². The topological polar surface area (TPSA) is 78.5 Å². The fourth-order valence-corrected chi connectivity index (χ4v) is 3.69. The normalized spacial score (nSPS) is 15.1. The molecular weight excluding hydrogens is 374 g/mol. The van der Waals surface area contributed by atoms with E-state index in [0.29, 0.717) is 18.3 Å². The highest BCUT2D eigenvalue weighted by atomic mass is 32.2. The smallest absolute Gasteiger partial charge is 0.237 e. The SMILES string of the molecule is C[C@H](NCC(=O)N(Cc1ccccc1)C1CC1)c1cccc(NS(C)(=O)=O)c1. The summed E-state index contributed by atoms with van der Waals surface area (Å²) in [6, 6.07) is 17.5. The summed E-state index contributed by atoms with van der Waals surface area (Å²) in [4.78, 5) is 14.7. The number of amides is 1. The minimum atomic E-state index is -3.32. The maximum absolute atomic E-state index is 12.8. The van der Waals surface area contributed by atoms with E-state index in [1.807, 2.05) is 48.2 Å². The van der Waals surface area contributed by atoms with E-state index in [9.17, 15) is 13.2 Å². The van der Waals surface area contributed by atoms with Crippen molar-refractivity contribution in [1.82, 2.24) is 10.2 Å². The van der Waals surface area contributed by atoms with Crippen LogP contribution in [-0.4, -0.2) is 38.1 Å². The van der Waals surface area contributed by atoms with E-state index in [-0.39, 0.29) is 18.5 Å². The summed E-state index contributed by atoms with van der Waals surface area (Å²) < 4.78 is 25.3. The zero-order chi connectivity index (χ0) is 20.1. The number of carbonyl (C=O) groups is 1. The highest BCUT2D eigenvalue weighted by Crippen LogP contribution is 2.28. The molecule has 0 unspecified atom stereocenters. The van der Waals surface area contributed by atoms with E-state index in [0.717, 1.165) is 30.2 Å². The van der Waals surface area contributed by atoms with Crippen molar-refractivity contribution in [2.45, 2.75) is 38.4 Å². The summed E-state index contributed by atoms with van der Waals surface area (Å²) in [5, 5.41) is 3.27. The van der Waals surface area contributed by atoms with Crippen LogP contribution < -0.4 is 10.0 Å². The summed E-state index contributed by atoms with van der Waals surface area (Å²) in [6.07, 6.45) is 3.25. The standard InChI is InChI=1S/C21H27N3O3S/c1-16(18-9-6-10-19(13-18)23-28(2,26)27)22-14-21(25)24(20-11-12-20)15-17-7-4-3-5-8-17/h3-10,13,16,20,22-23H,11-12,14-15H2,1-2H3/t16-/m0/s1. The number of hydrogen-bond donors (Lipinski definition) is 2. The molecular formula is C21H27N3O3S. The zero-order valence-corrected chi connectivity index (χ0v) is 17.1. The summed E-state index contributed by atoms with van der Waals surface area (Å²) >= 11 is 0. The van der Waals surface area contributed by atoms with Crippen molar-refractivity contribution in [3.8, 4) is 0 Å². The average Bonchev–Trinajstić information content (AvgIpc) is 3.48. The number of anilines is 1. The van der Waals surface area contributed by atoms with E-state index in [1.54, 1.807) is 18.2 Å². The lowest BCUT2D eigenvalue weighted by Gasteiger charge is -2.24. The van der Waals surface area contributed by atoms with Crippen molar-refractivity contribution in [2.24, 2.45) is 0 Å². The van der Waals surface area contributed by atoms with Crippen molar-refractivity contribution < 1.29 is 13.2 Å². The highest BCUT2D eigenvalue weighted by molar-refractivity contribution is 7.92. The van der Waals surface area contributed by atoms with Gasteiger partial charge in [-0.25, -0.2) is 8.42 Å². The molecule has 2 N–H and O–H groups in total. The van der Waals surface area contributed by atoms with E-state index >= 15 is 0 Å². The maximum atomic E-state index is 12.8. The number of carbonyl (C=O) groups excluding carboxylic acids is 1. The zero-order valence-electron chi connectivity index (χ0n) is 16.3. The molecule has 7 heteroatoms. The molecule has 2 aromatic rings. The summed E-state index contributed by atoms with van der Waals surface area (Å²) in [5.41, 5.74) is 2.57. The maximum Gasteiger partial charge on any atom is 0.237 e. The van der Waals surface area contributed by atoms with Crippen LogP contribution in [0.4, 0.5) is 5.69 Å². The largest absolute Gasteiger partial charge is 0.334 e. The van der Waals surface area contributed by atoms with Gasteiger partial charge in [-0.2, -0.15) is 0 Å². The van der Waals surface area contributed by atoms with Crippen LogP contribution in [0.1, 0.15) is 36.9 Å².